The SMILES string of the molecule is COC(=O)C1C=CCN2C(=O)CC(CSC(C)=O)C(=O)N12. The number of hydrazine groups is 1. The summed E-state index contributed by atoms with van der Waals surface area (Å²) in [5, 5.41) is 2.31. The van der Waals surface area contributed by atoms with E-state index in [1.807, 2.05) is 0 Å². The van der Waals surface area contributed by atoms with Crippen molar-refractivity contribution < 1.29 is 23.9 Å². The molecule has 21 heavy (non-hydrogen) atoms. The maximum Gasteiger partial charge on any atom is 0.334 e. The third-order valence-corrected chi connectivity index (χ3v) is 4.31. The van der Waals surface area contributed by atoms with Gasteiger partial charge in [-0.1, -0.05) is 23.9 Å². The number of methoxy groups -OCH3 is 1. The van der Waals surface area contributed by atoms with Crippen molar-refractivity contribution in [2.24, 2.45) is 5.92 Å². The number of thioether (sulfide) groups is 1. The minimum atomic E-state index is -0.926. The molecular weight excluding hydrogens is 296 g/mol. The van der Waals surface area contributed by atoms with Crippen LogP contribution >= 0.6 is 11.8 Å². The molecule has 8 heteroatoms. The number of carbonyl (C=O) groups excluding carboxylic acids is 4. The first-order chi connectivity index (χ1) is 9.95. The Morgan fingerprint density at radius 1 is 1.43 bits per heavy atom. The number of amides is 2. The molecule has 1 saturated heterocycles. The van der Waals surface area contributed by atoms with Gasteiger partial charge in [0.2, 0.25) is 11.8 Å². The van der Waals surface area contributed by atoms with Crippen LogP contribution in [-0.2, 0) is 23.9 Å². The Bertz CT molecular complexity index is 519. The molecule has 0 bridgehead atoms. The zero-order valence-corrected chi connectivity index (χ0v) is 12.6. The van der Waals surface area contributed by atoms with Crippen molar-refractivity contribution in [1.29, 1.82) is 0 Å². The van der Waals surface area contributed by atoms with E-state index in [1.165, 1.54) is 19.0 Å². The predicted molar refractivity (Wildman–Crippen MR) is 74.7 cm³/mol. The quantitative estimate of drug-likeness (QED) is 0.537. The van der Waals surface area contributed by atoms with Crippen LogP contribution in [0.2, 0.25) is 0 Å². The Kier molecular flexibility index (Phi) is 4.66. The third kappa shape index (κ3) is 3.10. The first-order valence-corrected chi connectivity index (χ1v) is 7.45. The molecule has 0 spiro atoms. The number of hydrogen-bond acceptors (Lipinski definition) is 6. The Morgan fingerprint density at radius 2 is 2.14 bits per heavy atom. The molecule has 7 nitrogen and oxygen atoms in total. The summed E-state index contributed by atoms with van der Waals surface area (Å²) in [7, 11) is 1.23. The van der Waals surface area contributed by atoms with Gasteiger partial charge in [-0.05, 0) is 0 Å². The van der Waals surface area contributed by atoms with Crippen LogP contribution in [0.4, 0.5) is 0 Å². The Morgan fingerprint density at radius 3 is 2.76 bits per heavy atom. The summed E-state index contributed by atoms with van der Waals surface area (Å²) < 4.78 is 4.67. The van der Waals surface area contributed by atoms with E-state index in [-0.39, 0.29) is 35.6 Å². The number of carbonyl (C=O) groups is 4. The van der Waals surface area contributed by atoms with E-state index in [2.05, 4.69) is 4.74 Å². The van der Waals surface area contributed by atoms with Crippen LogP contribution in [0, 0.1) is 5.92 Å². The van der Waals surface area contributed by atoms with Crippen molar-refractivity contribution in [3.05, 3.63) is 12.2 Å². The maximum absolute atomic E-state index is 12.5. The standard InChI is InChI=1S/C13H16N2O5S/c1-8(16)21-7-9-6-11(17)14-5-3-4-10(13(19)20-2)15(14)12(9)18/h3-4,9-10H,5-7H2,1-2H3. The molecule has 2 heterocycles. The maximum atomic E-state index is 12.5. The molecule has 2 amide bonds. The Labute approximate surface area is 126 Å². The molecular formula is C13H16N2O5S. The minimum Gasteiger partial charge on any atom is -0.467 e. The number of fused-ring (bicyclic) bond motifs is 1. The topological polar surface area (TPSA) is 84.0 Å². The minimum absolute atomic E-state index is 0.0529. The van der Waals surface area contributed by atoms with Crippen molar-refractivity contribution in [3.63, 3.8) is 0 Å². The number of rotatable bonds is 3. The zero-order chi connectivity index (χ0) is 15.6. The second-order valence-electron chi connectivity index (χ2n) is 4.76. The van der Waals surface area contributed by atoms with Gasteiger partial charge in [0, 0.05) is 19.1 Å². The largest absolute Gasteiger partial charge is 0.467 e. The molecule has 0 aliphatic carbocycles. The lowest BCUT2D eigenvalue weighted by Crippen LogP contribution is -2.63. The van der Waals surface area contributed by atoms with E-state index in [0.717, 1.165) is 16.8 Å². The summed E-state index contributed by atoms with van der Waals surface area (Å²) in [5.41, 5.74) is 0. The van der Waals surface area contributed by atoms with Crippen LogP contribution in [0.25, 0.3) is 0 Å². The molecule has 2 aliphatic rings. The van der Waals surface area contributed by atoms with Gasteiger partial charge in [0.05, 0.1) is 19.6 Å². The van der Waals surface area contributed by atoms with Crippen molar-refractivity contribution in [3.8, 4) is 0 Å². The summed E-state index contributed by atoms with van der Waals surface area (Å²) in [4.78, 5) is 47.5. The molecule has 0 N–H and O–H groups in total. The second kappa shape index (κ2) is 6.30. The number of esters is 1. The van der Waals surface area contributed by atoms with Gasteiger partial charge in [-0.2, -0.15) is 0 Å². The third-order valence-electron chi connectivity index (χ3n) is 3.33. The summed E-state index contributed by atoms with van der Waals surface area (Å²) in [6, 6.07) is -0.926. The predicted octanol–water partition coefficient (Wildman–Crippen LogP) is -0.0304. The lowest BCUT2D eigenvalue weighted by atomic mass is 10.0. The molecule has 2 aliphatic heterocycles. The molecule has 0 radical (unpaired) electrons. The molecule has 0 aromatic heterocycles. The van der Waals surface area contributed by atoms with Gasteiger partial charge < -0.3 is 4.74 Å². The Hall–Kier alpha value is -1.83. The normalized spacial score (nSPS) is 24.9. The van der Waals surface area contributed by atoms with E-state index in [9.17, 15) is 19.2 Å². The van der Waals surface area contributed by atoms with Crippen LogP contribution < -0.4 is 0 Å². The number of nitrogens with zero attached hydrogens (tertiary/aromatic N) is 2. The van der Waals surface area contributed by atoms with Crippen molar-refractivity contribution in [1.82, 2.24) is 10.0 Å². The van der Waals surface area contributed by atoms with Crippen molar-refractivity contribution >= 4 is 34.7 Å². The van der Waals surface area contributed by atoms with E-state index >= 15 is 0 Å². The van der Waals surface area contributed by atoms with Crippen LogP contribution in [-0.4, -0.2) is 58.4 Å². The van der Waals surface area contributed by atoms with Crippen molar-refractivity contribution in [2.75, 3.05) is 19.4 Å². The lowest BCUT2D eigenvalue weighted by molar-refractivity contribution is -0.184. The zero-order valence-electron chi connectivity index (χ0n) is 11.8. The smallest absolute Gasteiger partial charge is 0.334 e. The molecule has 2 rings (SSSR count). The van der Waals surface area contributed by atoms with E-state index < -0.39 is 17.9 Å². The van der Waals surface area contributed by atoms with Crippen LogP contribution in [0.15, 0.2) is 12.2 Å². The van der Waals surface area contributed by atoms with E-state index in [1.54, 1.807) is 12.2 Å². The Balaban J connectivity index is 2.22. The van der Waals surface area contributed by atoms with Crippen molar-refractivity contribution in [2.45, 2.75) is 19.4 Å². The van der Waals surface area contributed by atoms with E-state index in [0.29, 0.717) is 0 Å². The molecule has 0 saturated carbocycles. The highest BCUT2D eigenvalue weighted by atomic mass is 32.2. The molecule has 114 valence electrons. The molecule has 0 aromatic carbocycles. The second-order valence-corrected chi connectivity index (χ2v) is 5.96. The molecule has 2 unspecified atom stereocenters. The van der Waals surface area contributed by atoms with Crippen LogP contribution in [0.5, 0.6) is 0 Å². The number of ether oxygens (including phenoxy) is 1. The van der Waals surface area contributed by atoms with Crippen LogP contribution in [0.1, 0.15) is 13.3 Å². The van der Waals surface area contributed by atoms with Gasteiger partial charge in [0.25, 0.3) is 0 Å². The highest BCUT2D eigenvalue weighted by Crippen LogP contribution is 2.27. The lowest BCUT2D eigenvalue weighted by Gasteiger charge is -2.44. The van der Waals surface area contributed by atoms with E-state index in [4.69, 9.17) is 0 Å². The average molecular weight is 312 g/mol. The highest BCUT2D eigenvalue weighted by molar-refractivity contribution is 8.13. The molecule has 2 atom stereocenters. The van der Waals surface area contributed by atoms with Gasteiger partial charge in [-0.3, -0.25) is 14.4 Å². The summed E-state index contributed by atoms with van der Waals surface area (Å²) in [5.74, 6) is -1.52. The van der Waals surface area contributed by atoms with Crippen LogP contribution in [0.3, 0.4) is 0 Å². The van der Waals surface area contributed by atoms with Gasteiger partial charge in [0.15, 0.2) is 11.2 Å². The fourth-order valence-corrected chi connectivity index (χ4v) is 3.02. The average Bonchev–Trinajstić information content (AvgIpc) is 2.47. The van der Waals surface area contributed by atoms with Gasteiger partial charge in [-0.25, -0.2) is 14.8 Å². The monoisotopic (exact) mass is 312 g/mol. The van der Waals surface area contributed by atoms with Gasteiger partial charge in [0.1, 0.15) is 0 Å². The number of hydrogen-bond donors (Lipinski definition) is 0. The first kappa shape index (κ1) is 15.6. The van der Waals surface area contributed by atoms with Gasteiger partial charge in [-0.15, -0.1) is 0 Å². The summed E-state index contributed by atoms with van der Waals surface area (Å²) in [6.45, 7) is 1.66. The molecule has 1 fully saturated rings. The fraction of sp³-hybridized carbons (Fsp3) is 0.538. The summed E-state index contributed by atoms with van der Waals surface area (Å²) >= 11 is 1.01. The highest BCUT2D eigenvalue weighted by Gasteiger charge is 2.45. The summed E-state index contributed by atoms with van der Waals surface area (Å²) in [6.07, 6.45) is 3.26. The fourth-order valence-electron chi connectivity index (χ4n) is 2.33. The van der Waals surface area contributed by atoms with Gasteiger partial charge >= 0.3 is 5.97 Å². The first-order valence-electron chi connectivity index (χ1n) is 6.47. The molecule has 0 aromatic rings.